The van der Waals surface area contributed by atoms with Gasteiger partial charge in [0.05, 0.1) is 0 Å². The van der Waals surface area contributed by atoms with Crippen molar-refractivity contribution in [3.63, 3.8) is 0 Å². The summed E-state index contributed by atoms with van der Waals surface area (Å²) in [7, 11) is 0. The Morgan fingerprint density at radius 2 is 1.51 bits per heavy atom. The van der Waals surface area contributed by atoms with E-state index in [1.54, 1.807) is 31.2 Å². The van der Waals surface area contributed by atoms with Crippen LogP contribution in [-0.2, 0) is 14.3 Å². The molecular formula is C28H28N2O5. The van der Waals surface area contributed by atoms with E-state index in [2.05, 4.69) is 17.4 Å². The van der Waals surface area contributed by atoms with Crippen molar-refractivity contribution in [1.82, 2.24) is 5.32 Å². The molecule has 1 aliphatic carbocycles. The zero-order chi connectivity index (χ0) is 24.9. The number of carbonyl (C=O) groups excluding carboxylic acids is 2. The van der Waals surface area contributed by atoms with Gasteiger partial charge in [0.1, 0.15) is 19.2 Å². The van der Waals surface area contributed by atoms with E-state index in [1.807, 2.05) is 43.3 Å². The second kappa shape index (κ2) is 10.4. The lowest BCUT2D eigenvalue weighted by atomic mass is 9.98. The highest BCUT2D eigenvalue weighted by atomic mass is 16.5. The molecule has 0 unspecified atom stereocenters. The van der Waals surface area contributed by atoms with Crippen molar-refractivity contribution in [3.8, 4) is 11.1 Å². The molecule has 0 heterocycles. The molecule has 4 rings (SSSR count). The third-order valence-electron chi connectivity index (χ3n) is 6.25. The van der Waals surface area contributed by atoms with Crippen LogP contribution in [0, 0.1) is 6.92 Å². The topological polar surface area (TPSA) is 95.9 Å². The van der Waals surface area contributed by atoms with Gasteiger partial charge in [-0.15, -0.1) is 0 Å². The summed E-state index contributed by atoms with van der Waals surface area (Å²) >= 11 is 0. The SMILES string of the molecule is CC[C@@H](NC(=O)OCC1c2ccccc2-c2ccccc21)C(=O)N(CC(=O)O)c1ccc(C)cc1. The van der Waals surface area contributed by atoms with Gasteiger partial charge in [0.2, 0.25) is 5.91 Å². The molecule has 3 aromatic rings. The Hall–Kier alpha value is -4.13. The van der Waals surface area contributed by atoms with Crippen LogP contribution in [-0.4, -0.2) is 42.3 Å². The second-order valence-corrected chi connectivity index (χ2v) is 8.58. The number of nitrogens with zero attached hydrogens (tertiary/aromatic N) is 1. The minimum atomic E-state index is -1.14. The fourth-order valence-corrected chi connectivity index (χ4v) is 4.47. The highest BCUT2D eigenvalue weighted by Crippen LogP contribution is 2.44. The van der Waals surface area contributed by atoms with Crippen molar-refractivity contribution in [1.29, 1.82) is 0 Å². The van der Waals surface area contributed by atoms with Gasteiger partial charge >= 0.3 is 12.1 Å². The predicted octanol–water partition coefficient (Wildman–Crippen LogP) is 4.73. The van der Waals surface area contributed by atoms with Crippen LogP contribution >= 0.6 is 0 Å². The first-order valence-electron chi connectivity index (χ1n) is 11.6. The summed E-state index contributed by atoms with van der Waals surface area (Å²) in [5.41, 5.74) is 5.88. The smallest absolute Gasteiger partial charge is 0.407 e. The fraction of sp³-hybridized carbons (Fsp3) is 0.250. The lowest BCUT2D eigenvalue weighted by Crippen LogP contribution is -2.50. The summed E-state index contributed by atoms with van der Waals surface area (Å²) in [5, 5.41) is 12.0. The molecule has 180 valence electrons. The van der Waals surface area contributed by atoms with E-state index >= 15 is 0 Å². The predicted molar refractivity (Wildman–Crippen MR) is 133 cm³/mol. The normalized spacial score (nSPS) is 12.9. The van der Waals surface area contributed by atoms with Gasteiger partial charge in [-0.2, -0.15) is 0 Å². The van der Waals surface area contributed by atoms with Gasteiger partial charge in [0.15, 0.2) is 0 Å². The van der Waals surface area contributed by atoms with Gasteiger partial charge in [0.25, 0.3) is 0 Å². The summed E-state index contributed by atoms with van der Waals surface area (Å²) in [6, 6.07) is 22.1. The van der Waals surface area contributed by atoms with Crippen molar-refractivity contribution in [2.75, 3.05) is 18.1 Å². The number of hydrogen-bond acceptors (Lipinski definition) is 4. The monoisotopic (exact) mass is 472 g/mol. The summed E-state index contributed by atoms with van der Waals surface area (Å²) in [6.45, 7) is 3.27. The molecule has 0 aliphatic heterocycles. The maximum absolute atomic E-state index is 13.2. The van der Waals surface area contributed by atoms with Gasteiger partial charge in [-0.25, -0.2) is 4.79 Å². The number of benzene rings is 3. The maximum Gasteiger partial charge on any atom is 0.407 e. The standard InChI is InChI=1S/C28H28N2O5/c1-3-25(27(33)30(16-26(31)32)19-14-12-18(2)13-15-19)29-28(34)35-17-24-22-10-6-4-8-20(22)21-9-5-7-11-23(21)24/h4-15,24-25H,3,16-17H2,1-2H3,(H,29,34)(H,31,32)/t25-/m1/s1. The van der Waals surface area contributed by atoms with E-state index in [0.29, 0.717) is 5.69 Å². The molecule has 2 amide bonds. The number of amides is 2. The van der Waals surface area contributed by atoms with Crippen LogP contribution in [0.2, 0.25) is 0 Å². The minimum Gasteiger partial charge on any atom is -0.480 e. The Morgan fingerprint density at radius 1 is 0.943 bits per heavy atom. The van der Waals surface area contributed by atoms with Crippen LogP contribution in [0.1, 0.15) is 36.0 Å². The zero-order valence-corrected chi connectivity index (χ0v) is 19.7. The Labute approximate surface area is 204 Å². The number of rotatable bonds is 8. The van der Waals surface area contributed by atoms with Gasteiger partial charge in [0, 0.05) is 11.6 Å². The van der Waals surface area contributed by atoms with Crippen molar-refractivity contribution in [3.05, 3.63) is 89.5 Å². The molecule has 0 spiro atoms. The summed E-state index contributed by atoms with van der Waals surface area (Å²) < 4.78 is 5.57. The van der Waals surface area contributed by atoms with Crippen molar-refractivity contribution >= 4 is 23.7 Å². The number of carbonyl (C=O) groups is 3. The van der Waals surface area contributed by atoms with E-state index < -0.39 is 30.6 Å². The van der Waals surface area contributed by atoms with Crippen LogP contribution < -0.4 is 10.2 Å². The first kappa shape index (κ1) is 24.0. The van der Waals surface area contributed by atoms with Crippen molar-refractivity contribution in [2.24, 2.45) is 0 Å². The number of alkyl carbamates (subject to hydrolysis) is 1. The first-order valence-corrected chi connectivity index (χ1v) is 11.6. The molecule has 35 heavy (non-hydrogen) atoms. The van der Waals surface area contributed by atoms with E-state index in [9.17, 15) is 19.5 Å². The molecule has 0 bridgehead atoms. The van der Waals surface area contributed by atoms with E-state index in [-0.39, 0.29) is 18.9 Å². The molecule has 0 radical (unpaired) electrons. The number of nitrogens with one attached hydrogen (secondary N) is 1. The minimum absolute atomic E-state index is 0.0972. The molecule has 7 nitrogen and oxygen atoms in total. The molecule has 0 fully saturated rings. The summed E-state index contributed by atoms with van der Waals surface area (Å²) in [6.07, 6.45) is -0.434. The first-order chi connectivity index (χ1) is 16.9. The molecule has 3 aromatic carbocycles. The maximum atomic E-state index is 13.2. The summed E-state index contributed by atoms with van der Waals surface area (Å²) in [5.74, 6) is -1.75. The van der Waals surface area contributed by atoms with Crippen LogP contribution in [0.4, 0.5) is 10.5 Å². The van der Waals surface area contributed by atoms with Gasteiger partial charge < -0.3 is 15.2 Å². The number of carboxylic acid groups (broad SMARTS) is 1. The molecular weight excluding hydrogens is 444 g/mol. The molecule has 0 aromatic heterocycles. The fourth-order valence-electron chi connectivity index (χ4n) is 4.47. The number of aliphatic carboxylic acids is 1. The lowest BCUT2D eigenvalue weighted by molar-refractivity contribution is -0.136. The number of aryl methyl sites for hydroxylation is 1. The zero-order valence-electron chi connectivity index (χ0n) is 19.7. The van der Waals surface area contributed by atoms with Gasteiger partial charge in [-0.1, -0.05) is 73.2 Å². The van der Waals surface area contributed by atoms with Crippen LogP contribution in [0.15, 0.2) is 72.8 Å². The van der Waals surface area contributed by atoms with Crippen LogP contribution in [0.25, 0.3) is 11.1 Å². The Bertz CT molecular complexity index is 1190. The lowest BCUT2D eigenvalue weighted by Gasteiger charge is -2.26. The second-order valence-electron chi connectivity index (χ2n) is 8.58. The number of carboxylic acids is 1. The number of anilines is 1. The largest absolute Gasteiger partial charge is 0.480 e. The molecule has 0 saturated heterocycles. The van der Waals surface area contributed by atoms with Gasteiger partial charge in [-0.3, -0.25) is 14.5 Å². The highest BCUT2D eigenvalue weighted by Gasteiger charge is 2.31. The number of ether oxygens (including phenoxy) is 1. The third-order valence-corrected chi connectivity index (χ3v) is 6.25. The molecule has 2 N–H and O–H groups in total. The Kier molecular flexibility index (Phi) is 7.15. The third kappa shape index (κ3) is 5.19. The molecule has 1 atom stereocenters. The molecule has 1 aliphatic rings. The summed E-state index contributed by atoms with van der Waals surface area (Å²) in [4.78, 5) is 38.5. The quantitative estimate of drug-likeness (QED) is 0.494. The van der Waals surface area contributed by atoms with Gasteiger partial charge in [-0.05, 0) is 47.7 Å². The molecule has 7 heteroatoms. The van der Waals surface area contributed by atoms with Crippen LogP contribution in [0.5, 0.6) is 0 Å². The number of hydrogen-bond donors (Lipinski definition) is 2. The molecule has 0 saturated carbocycles. The van der Waals surface area contributed by atoms with Crippen molar-refractivity contribution < 1.29 is 24.2 Å². The average molecular weight is 473 g/mol. The Morgan fingerprint density at radius 3 is 2.06 bits per heavy atom. The number of fused-ring (bicyclic) bond motifs is 3. The highest BCUT2D eigenvalue weighted by molar-refractivity contribution is 6.01. The van der Waals surface area contributed by atoms with E-state index in [1.165, 1.54) is 4.90 Å². The average Bonchev–Trinajstić information content (AvgIpc) is 3.18. The van der Waals surface area contributed by atoms with Crippen molar-refractivity contribution in [2.45, 2.75) is 32.2 Å². The Balaban J connectivity index is 1.45. The van der Waals surface area contributed by atoms with E-state index in [4.69, 9.17) is 4.74 Å². The van der Waals surface area contributed by atoms with E-state index in [0.717, 1.165) is 27.8 Å². The van der Waals surface area contributed by atoms with Crippen LogP contribution in [0.3, 0.4) is 0 Å².